The van der Waals surface area contributed by atoms with Gasteiger partial charge in [-0.3, -0.25) is 4.90 Å². The topological polar surface area (TPSA) is 54.8 Å². The van der Waals surface area contributed by atoms with E-state index in [0.717, 1.165) is 50.8 Å². The van der Waals surface area contributed by atoms with Gasteiger partial charge in [0, 0.05) is 36.3 Å². The summed E-state index contributed by atoms with van der Waals surface area (Å²) in [7, 11) is 1.69. The van der Waals surface area contributed by atoms with Gasteiger partial charge >= 0.3 is 0 Å². The third-order valence-electron chi connectivity index (χ3n) is 5.53. The van der Waals surface area contributed by atoms with Crippen molar-refractivity contribution < 1.29 is 14.6 Å². The highest BCUT2D eigenvalue weighted by atomic mass is 32.1. The lowest BCUT2D eigenvalue weighted by Gasteiger charge is -2.17. The minimum absolute atomic E-state index is 0.170. The largest absolute Gasteiger partial charge is 0.504 e. The van der Waals surface area contributed by atoms with Crippen molar-refractivity contribution in [2.24, 2.45) is 0 Å². The van der Waals surface area contributed by atoms with Crippen LogP contribution in [-0.4, -0.2) is 41.8 Å². The van der Waals surface area contributed by atoms with Crippen LogP contribution >= 0.6 is 11.3 Å². The molecule has 32 heavy (non-hydrogen) atoms. The molecular formula is C26H24N2O3S. The molecule has 0 saturated carbocycles. The van der Waals surface area contributed by atoms with Crippen molar-refractivity contribution in [1.29, 1.82) is 0 Å². The number of hydrogen-bond donors (Lipinski definition) is 1. The zero-order chi connectivity index (χ0) is 21.9. The molecule has 0 amide bonds. The van der Waals surface area contributed by atoms with Crippen molar-refractivity contribution in [2.75, 3.05) is 26.8 Å². The van der Waals surface area contributed by atoms with Crippen LogP contribution in [0.25, 0.3) is 26.9 Å². The maximum absolute atomic E-state index is 10.7. The van der Waals surface area contributed by atoms with Crippen LogP contribution in [0.3, 0.4) is 0 Å². The third kappa shape index (κ3) is 4.20. The molecule has 0 saturated heterocycles. The van der Waals surface area contributed by atoms with Crippen LogP contribution in [0.5, 0.6) is 17.2 Å². The molecule has 2 heterocycles. The lowest BCUT2D eigenvalue weighted by molar-refractivity contribution is 0.239. The molecule has 4 aromatic rings. The van der Waals surface area contributed by atoms with E-state index >= 15 is 0 Å². The monoisotopic (exact) mass is 444 g/mol. The molecular weight excluding hydrogens is 420 g/mol. The highest BCUT2D eigenvalue weighted by Crippen LogP contribution is 2.39. The van der Waals surface area contributed by atoms with Crippen molar-refractivity contribution >= 4 is 27.6 Å². The van der Waals surface area contributed by atoms with Crippen molar-refractivity contribution in [3.63, 3.8) is 0 Å². The lowest BCUT2D eigenvalue weighted by atomic mass is 10.1. The second-order valence-electron chi connectivity index (χ2n) is 7.70. The van der Waals surface area contributed by atoms with Gasteiger partial charge in [-0.15, -0.1) is 11.3 Å². The second-order valence-corrected chi connectivity index (χ2v) is 8.73. The molecule has 5 nitrogen and oxygen atoms in total. The Kier molecular flexibility index (Phi) is 5.79. The third-order valence-corrected chi connectivity index (χ3v) is 6.62. The molecule has 1 N–H and O–H groups in total. The van der Waals surface area contributed by atoms with Crippen molar-refractivity contribution in [3.8, 4) is 27.8 Å². The van der Waals surface area contributed by atoms with E-state index < -0.39 is 0 Å². The molecule has 0 spiro atoms. The zero-order valence-corrected chi connectivity index (χ0v) is 18.6. The van der Waals surface area contributed by atoms with Gasteiger partial charge in [0.2, 0.25) is 0 Å². The van der Waals surface area contributed by atoms with E-state index in [1.54, 1.807) is 24.5 Å². The normalized spacial score (nSPS) is 14.3. The summed E-state index contributed by atoms with van der Waals surface area (Å²) in [6.45, 7) is 2.77. The van der Waals surface area contributed by atoms with Gasteiger partial charge in [0.15, 0.2) is 11.5 Å². The average Bonchev–Trinajstić information content (AvgIpc) is 3.14. The molecule has 0 aliphatic carbocycles. The van der Waals surface area contributed by atoms with E-state index in [1.165, 1.54) is 0 Å². The van der Waals surface area contributed by atoms with Crippen LogP contribution in [0.2, 0.25) is 0 Å². The summed E-state index contributed by atoms with van der Waals surface area (Å²) in [5, 5.41) is 11.6. The van der Waals surface area contributed by atoms with Crippen molar-refractivity contribution in [2.45, 2.75) is 6.54 Å². The van der Waals surface area contributed by atoms with Gasteiger partial charge in [-0.25, -0.2) is 4.98 Å². The average molecular weight is 445 g/mol. The number of benzene rings is 3. The first kappa shape index (κ1) is 20.5. The second kappa shape index (κ2) is 9.02. The summed E-state index contributed by atoms with van der Waals surface area (Å²) >= 11 is 1.63. The number of phenolic OH excluding ortho intramolecular Hbond substituents is 1. The van der Waals surface area contributed by atoms with Gasteiger partial charge in [0.1, 0.15) is 17.4 Å². The molecule has 162 valence electrons. The summed E-state index contributed by atoms with van der Waals surface area (Å²) in [5.74, 6) is 1.60. The lowest BCUT2D eigenvalue weighted by Crippen LogP contribution is -2.25. The maximum atomic E-state index is 10.7. The maximum Gasteiger partial charge on any atom is 0.165 e. The summed E-state index contributed by atoms with van der Waals surface area (Å²) in [6.07, 6.45) is 4.22. The van der Waals surface area contributed by atoms with Gasteiger partial charge in [0.25, 0.3) is 0 Å². The van der Waals surface area contributed by atoms with E-state index in [2.05, 4.69) is 29.2 Å². The van der Waals surface area contributed by atoms with Gasteiger partial charge in [0.05, 0.1) is 17.3 Å². The van der Waals surface area contributed by atoms with Crippen LogP contribution < -0.4 is 9.47 Å². The quantitative estimate of drug-likeness (QED) is 0.435. The fourth-order valence-electron chi connectivity index (χ4n) is 3.96. The summed E-state index contributed by atoms with van der Waals surface area (Å²) in [5.41, 5.74) is 3.92. The molecule has 0 radical (unpaired) electrons. The fourth-order valence-corrected chi connectivity index (χ4v) is 4.91. The number of rotatable bonds is 5. The van der Waals surface area contributed by atoms with Gasteiger partial charge in [-0.05, 0) is 30.3 Å². The first-order chi connectivity index (χ1) is 15.7. The fraction of sp³-hybridized carbons (Fsp3) is 0.192. The number of phenols is 1. The Balaban J connectivity index is 1.38. The van der Waals surface area contributed by atoms with Gasteiger partial charge in [-0.1, -0.05) is 42.5 Å². The Morgan fingerprint density at radius 2 is 2.00 bits per heavy atom. The molecule has 6 heteroatoms. The Morgan fingerprint density at radius 1 is 1.16 bits per heavy atom. The Morgan fingerprint density at radius 3 is 2.88 bits per heavy atom. The van der Waals surface area contributed by atoms with Crippen molar-refractivity contribution in [3.05, 3.63) is 77.9 Å². The number of aromatic hydroxyl groups is 1. The highest BCUT2D eigenvalue weighted by Gasteiger charge is 2.20. The number of aromatic nitrogens is 1. The molecule has 0 fully saturated rings. The summed E-state index contributed by atoms with van der Waals surface area (Å²) < 4.78 is 12.5. The van der Waals surface area contributed by atoms with Gasteiger partial charge in [-0.2, -0.15) is 0 Å². The highest BCUT2D eigenvalue weighted by molar-refractivity contribution is 7.21. The summed E-state index contributed by atoms with van der Waals surface area (Å²) in [4.78, 5) is 7.05. The number of thiazole rings is 1. The SMILES string of the molecule is COc1ccccc1C=CCN1CCOc2c(O)cc(-c3nc4ccccc4s3)cc2C1. The van der Waals surface area contributed by atoms with E-state index in [1.807, 2.05) is 42.5 Å². The number of nitrogens with zero attached hydrogens (tertiary/aromatic N) is 2. The zero-order valence-electron chi connectivity index (χ0n) is 17.8. The molecule has 1 aromatic heterocycles. The Bertz CT molecular complexity index is 1250. The van der Waals surface area contributed by atoms with Gasteiger partial charge < -0.3 is 14.6 Å². The van der Waals surface area contributed by atoms with Crippen molar-refractivity contribution in [1.82, 2.24) is 9.88 Å². The minimum atomic E-state index is 0.170. The van der Waals surface area contributed by atoms with Crippen LogP contribution in [0, 0.1) is 0 Å². The van der Waals surface area contributed by atoms with Crippen LogP contribution in [0.15, 0.2) is 66.7 Å². The number of hydrogen-bond acceptors (Lipinski definition) is 6. The van der Waals surface area contributed by atoms with E-state index in [-0.39, 0.29) is 5.75 Å². The predicted octanol–water partition coefficient (Wildman–Crippen LogP) is 5.59. The first-order valence-corrected chi connectivity index (χ1v) is 11.4. The molecule has 1 aliphatic rings. The number of fused-ring (bicyclic) bond motifs is 2. The summed E-state index contributed by atoms with van der Waals surface area (Å²) in [6, 6.07) is 19.9. The van der Waals surface area contributed by atoms with E-state index in [9.17, 15) is 5.11 Å². The molecule has 3 aromatic carbocycles. The molecule has 0 bridgehead atoms. The van der Waals surface area contributed by atoms with Crippen LogP contribution in [0.4, 0.5) is 0 Å². The molecule has 1 aliphatic heterocycles. The molecule has 0 atom stereocenters. The predicted molar refractivity (Wildman–Crippen MR) is 130 cm³/mol. The standard InChI is InChI=1S/C26H24N2O3S/c1-30-23-10-4-2-7-18(23)8-6-12-28-13-14-31-25-20(17-28)15-19(16-22(25)29)26-27-21-9-3-5-11-24(21)32-26/h2-11,15-16,29H,12-14,17H2,1H3. The van der Waals surface area contributed by atoms with Crippen LogP contribution in [-0.2, 0) is 6.54 Å². The Hall–Kier alpha value is -3.35. The molecule has 0 unspecified atom stereocenters. The number of methoxy groups -OCH3 is 1. The number of ether oxygens (including phenoxy) is 2. The number of para-hydroxylation sites is 2. The van der Waals surface area contributed by atoms with Crippen LogP contribution in [0.1, 0.15) is 11.1 Å². The minimum Gasteiger partial charge on any atom is -0.504 e. The van der Waals surface area contributed by atoms with E-state index in [4.69, 9.17) is 14.5 Å². The van der Waals surface area contributed by atoms with E-state index in [0.29, 0.717) is 18.9 Å². The Labute approximate surface area is 191 Å². The first-order valence-electron chi connectivity index (χ1n) is 10.6. The molecule has 5 rings (SSSR count). The smallest absolute Gasteiger partial charge is 0.165 e.